The first kappa shape index (κ1) is 13.1. The molecule has 2 nitrogen and oxygen atoms in total. The molecule has 0 bridgehead atoms. The molecular weight excluding hydrogens is 205 g/mol. The van der Waals surface area contributed by atoms with Gasteiger partial charge in [0.05, 0.1) is 6.10 Å². The summed E-state index contributed by atoms with van der Waals surface area (Å²) < 4.78 is 13.1. The molecule has 3 N–H and O–H groups in total. The lowest BCUT2D eigenvalue weighted by Crippen LogP contribution is -2.36. The summed E-state index contributed by atoms with van der Waals surface area (Å²) in [7, 11) is 0. The largest absolute Gasteiger partial charge is 0.392 e. The quantitative estimate of drug-likeness (QED) is 0.829. The van der Waals surface area contributed by atoms with E-state index in [1.165, 1.54) is 12.1 Å². The number of aliphatic hydroxyl groups is 1. The maximum absolute atomic E-state index is 13.1. The SMILES string of the molecule is CC(C)(C)C(O)C(CN)c1cccc(F)c1. The van der Waals surface area contributed by atoms with E-state index in [0.717, 1.165) is 5.56 Å². The van der Waals surface area contributed by atoms with E-state index >= 15 is 0 Å². The minimum atomic E-state index is -0.584. The van der Waals surface area contributed by atoms with Crippen molar-refractivity contribution in [2.45, 2.75) is 32.8 Å². The summed E-state index contributed by atoms with van der Waals surface area (Å²) in [5.74, 6) is -0.521. The molecule has 0 heterocycles. The Bertz CT molecular complexity index is 346. The summed E-state index contributed by atoms with van der Waals surface area (Å²) >= 11 is 0. The van der Waals surface area contributed by atoms with Crippen LogP contribution in [-0.2, 0) is 0 Å². The number of hydrogen-bond donors (Lipinski definition) is 2. The molecule has 2 unspecified atom stereocenters. The topological polar surface area (TPSA) is 46.2 Å². The van der Waals surface area contributed by atoms with Crippen LogP contribution in [0.3, 0.4) is 0 Å². The van der Waals surface area contributed by atoms with E-state index in [0.29, 0.717) is 6.54 Å². The van der Waals surface area contributed by atoms with Crippen molar-refractivity contribution in [1.29, 1.82) is 0 Å². The molecule has 0 spiro atoms. The van der Waals surface area contributed by atoms with Crippen molar-refractivity contribution < 1.29 is 9.50 Å². The van der Waals surface area contributed by atoms with E-state index in [4.69, 9.17) is 5.73 Å². The van der Waals surface area contributed by atoms with Gasteiger partial charge in [-0.2, -0.15) is 0 Å². The molecule has 16 heavy (non-hydrogen) atoms. The van der Waals surface area contributed by atoms with Crippen LogP contribution in [0.2, 0.25) is 0 Å². The highest BCUT2D eigenvalue weighted by atomic mass is 19.1. The smallest absolute Gasteiger partial charge is 0.123 e. The van der Waals surface area contributed by atoms with Gasteiger partial charge in [0.1, 0.15) is 5.82 Å². The van der Waals surface area contributed by atoms with Crippen LogP contribution in [0, 0.1) is 11.2 Å². The van der Waals surface area contributed by atoms with Crippen LogP contribution < -0.4 is 5.73 Å². The normalized spacial score (nSPS) is 15.9. The Labute approximate surface area is 96.3 Å². The summed E-state index contributed by atoms with van der Waals surface area (Å²) in [6, 6.07) is 6.27. The van der Waals surface area contributed by atoms with E-state index in [1.54, 1.807) is 12.1 Å². The van der Waals surface area contributed by atoms with E-state index in [1.807, 2.05) is 20.8 Å². The molecule has 0 aliphatic heterocycles. The third-order valence-corrected chi connectivity index (χ3v) is 2.80. The van der Waals surface area contributed by atoms with E-state index in [9.17, 15) is 9.50 Å². The van der Waals surface area contributed by atoms with Crippen molar-refractivity contribution in [3.63, 3.8) is 0 Å². The minimum absolute atomic E-state index is 0.226. The van der Waals surface area contributed by atoms with Crippen molar-refractivity contribution in [3.8, 4) is 0 Å². The molecule has 0 aliphatic carbocycles. The molecule has 0 saturated carbocycles. The summed E-state index contributed by atoms with van der Waals surface area (Å²) in [4.78, 5) is 0. The number of nitrogens with two attached hydrogens (primary N) is 1. The van der Waals surface area contributed by atoms with Crippen LogP contribution in [0.5, 0.6) is 0 Å². The highest BCUT2D eigenvalue weighted by molar-refractivity contribution is 5.22. The molecule has 3 heteroatoms. The first-order valence-corrected chi connectivity index (χ1v) is 5.50. The second kappa shape index (κ2) is 4.93. The average Bonchev–Trinajstić information content (AvgIpc) is 2.17. The Hall–Kier alpha value is -0.930. The van der Waals surface area contributed by atoms with E-state index in [-0.39, 0.29) is 17.2 Å². The van der Waals surface area contributed by atoms with Crippen molar-refractivity contribution >= 4 is 0 Å². The molecule has 0 aliphatic rings. The van der Waals surface area contributed by atoms with Gasteiger partial charge in [-0.3, -0.25) is 0 Å². The number of aliphatic hydroxyl groups excluding tert-OH is 1. The third kappa shape index (κ3) is 3.03. The van der Waals surface area contributed by atoms with Gasteiger partial charge in [0.15, 0.2) is 0 Å². The van der Waals surface area contributed by atoms with Gasteiger partial charge in [-0.15, -0.1) is 0 Å². The molecule has 90 valence electrons. The first-order valence-electron chi connectivity index (χ1n) is 5.50. The molecule has 0 saturated heterocycles. The summed E-state index contributed by atoms with van der Waals surface area (Å²) in [5, 5.41) is 10.2. The van der Waals surface area contributed by atoms with Crippen molar-refractivity contribution in [2.24, 2.45) is 11.1 Å². The van der Waals surface area contributed by atoms with E-state index < -0.39 is 6.10 Å². The van der Waals surface area contributed by atoms with Gasteiger partial charge in [0, 0.05) is 12.5 Å². The van der Waals surface area contributed by atoms with Crippen LogP contribution >= 0.6 is 0 Å². The molecule has 0 aromatic heterocycles. The number of rotatable bonds is 3. The molecule has 1 aromatic carbocycles. The molecule has 0 radical (unpaired) electrons. The number of hydrogen-bond acceptors (Lipinski definition) is 2. The summed E-state index contributed by atoms with van der Waals surface area (Å²) in [5.41, 5.74) is 6.16. The Morgan fingerprint density at radius 3 is 2.44 bits per heavy atom. The van der Waals surface area contributed by atoms with Crippen LogP contribution in [0.15, 0.2) is 24.3 Å². The predicted molar refractivity (Wildman–Crippen MR) is 63.7 cm³/mol. The fourth-order valence-electron chi connectivity index (χ4n) is 1.79. The van der Waals surface area contributed by atoms with Gasteiger partial charge in [-0.25, -0.2) is 4.39 Å². The van der Waals surface area contributed by atoms with Gasteiger partial charge in [0.2, 0.25) is 0 Å². The highest BCUT2D eigenvalue weighted by Gasteiger charge is 2.30. The van der Waals surface area contributed by atoms with Crippen LogP contribution in [0.1, 0.15) is 32.3 Å². The van der Waals surface area contributed by atoms with Crippen LogP contribution in [0.4, 0.5) is 4.39 Å². The van der Waals surface area contributed by atoms with Crippen molar-refractivity contribution in [2.75, 3.05) is 6.54 Å². The van der Waals surface area contributed by atoms with Crippen LogP contribution in [0.25, 0.3) is 0 Å². The molecule has 0 fully saturated rings. The maximum atomic E-state index is 13.1. The van der Waals surface area contributed by atoms with Crippen molar-refractivity contribution in [3.05, 3.63) is 35.6 Å². The molecule has 2 atom stereocenters. The van der Waals surface area contributed by atoms with Gasteiger partial charge in [-0.05, 0) is 23.1 Å². The lowest BCUT2D eigenvalue weighted by molar-refractivity contribution is 0.0407. The number of halogens is 1. The summed E-state index contributed by atoms with van der Waals surface area (Å²) in [6.45, 7) is 6.14. The Morgan fingerprint density at radius 2 is 2.00 bits per heavy atom. The second-order valence-corrected chi connectivity index (χ2v) is 5.21. The maximum Gasteiger partial charge on any atom is 0.123 e. The predicted octanol–water partition coefficient (Wildman–Crippen LogP) is 2.28. The molecular formula is C13H20FNO. The van der Waals surface area contributed by atoms with Crippen LogP contribution in [-0.4, -0.2) is 17.8 Å². The first-order chi connectivity index (χ1) is 7.36. The molecule has 0 amide bonds. The highest BCUT2D eigenvalue weighted by Crippen LogP contribution is 2.31. The zero-order valence-corrected chi connectivity index (χ0v) is 10.1. The standard InChI is InChI=1S/C13H20FNO/c1-13(2,3)12(16)11(8-15)9-5-4-6-10(14)7-9/h4-7,11-12,16H,8,15H2,1-3H3. The fraction of sp³-hybridized carbons (Fsp3) is 0.538. The molecule has 1 aromatic rings. The van der Waals surface area contributed by atoms with Gasteiger partial charge >= 0.3 is 0 Å². The van der Waals surface area contributed by atoms with Gasteiger partial charge in [-0.1, -0.05) is 32.9 Å². The lowest BCUT2D eigenvalue weighted by Gasteiger charge is -2.32. The Kier molecular flexibility index (Phi) is 4.05. The Balaban J connectivity index is 2.99. The second-order valence-electron chi connectivity index (χ2n) is 5.21. The zero-order valence-electron chi connectivity index (χ0n) is 10.1. The third-order valence-electron chi connectivity index (χ3n) is 2.80. The average molecular weight is 225 g/mol. The van der Waals surface area contributed by atoms with Gasteiger partial charge < -0.3 is 10.8 Å². The van der Waals surface area contributed by atoms with E-state index in [2.05, 4.69) is 0 Å². The monoisotopic (exact) mass is 225 g/mol. The summed E-state index contributed by atoms with van der Waals surface area (Å²) in [6.07, 6.45) is -0.584. The molecule has 1 rings (SSSR count). The Morgan fingerprint density at radius 1 is 1.38 bits per heavy atom. The minimum Gasteiger partial charge on any atom is -0.392 e. The fourth-order valence-corrected chi connectivity index (χ4v) is 1.79. The lowest BCUT2D eigenvalue weighted by atomic mass is 9.78. The van der Waals surface area contributed by atoms with Gasteiger partial charge in [0.25, 0.3) is 0 Å². The van der Waals surface area contributed by atoms with Crippen molar-refractivity contribution in [1.82, 2.24) is 0 Å². The number of benzene rings is 1. The zero-order chi connectivity index (χ0) is 12.3.